The number of hydrazine groups is 1. The van der Waals surface area contributed by atoms with Crippen LogP contribution in [-0.4, -0.2) is 23.4 Å². The molecular formula is C27H26N4O6. The highest BCUT2D eigenvalue weighted by atomic mass is 16.4. The molecule has 10 heteroatoms. The standard InChI is InChI=1S/C27H26N4O6/c1-14-9-10-18-17(13-36-24(18)15(14)2)12-22(32)29-28-19-6-4-7-20-23(19)16(3)25(37-20)27(34)31-30-26(33)21-8-5-11-35-21/h5,8-11,13H,4,6-7,12H2,1-3H3,(H,29,32)(H,30,33)(H,31,34)/b28-19+. The minimum atomic E-state index is -0.604. The van der Waals surface area contributed by atoms with E-state index < -0.39 is 11.8 Å². The Morgan fingerprint density at radius 1 is 0.973 bits per heavy atom. The summed E-state index contributed by atoms with van der Waals surface area (Å²) in [5.41, 5.74) is 12.9. The average Bonchev–Trinajstić information content (AvgIpc) is 3.64. The van der Waals surface area contributed by atoms with Gasteiger partial charge in [-0.05, 0) is 56.9 Å². The summed E-state index contributed by atoms with van der Waals surface area (Å²) in [6.45, 7) is 5.75. The van der Waals surface area contributed by atoms with E-state index in [1.165, 1.54) is 12.3 Å². The zero-order valence-electron chi connectivity index (χ0n) is 20.7. The third-order valence-corrected chi connectivity index (χ3v) is 6.57. The molecule has 1 aliphatic carbocycles. The minimum Gasteiger partial charge on any atom is -0.464 e. The van der Waals surface area contributed by atoms with Crippen LogP contribution in [-0.2, 0) is 17.6 Å². The van der Waals surface area contributed by atoms with Crippen molar-refractivity contribution in [2.45, 2.75) is 46.5 Å². The second-order valence-corrected chi connectivity index (χ2v) is 9.01. The van der Waals surface area contributed by atoms with Crippen molar-refractivity contribution in [3.63, 3.8) is 0 Å². The molecule has 5 rings (SSSR count). The van der Waals surface area contributed by atoms with Crippen LogP contribution < -0.4 is 16.3 Å². The van der Waals surface area contributed by atoms with Crippen LogP contribution in [0.25, 0.3) is 11.0 Å². The predicted octanol–water partition coefficient (Wildman–Crippen LogP) is 4.02. The van der Waals surface area contributed by atoms with E-state index in [9.17, 15) is 14.4 Å². The number of benzene rings is 1. The zero-order chi connectivity index (χ0) is 26.1. The Labute approximate surface area is 212 Å². The highest BCUT2D eigenvalue weighted by molar-refractivity contribution is 6.07. The summed E-state index contributed by atoms with van der Waals surface area (Å²) >= 11 is 0. The molecular weight excluding hydrogens is 476 g/mol. The maximum atomic E-state index is 12.7. The molecule has 1 aromatic carbocycles. The smallest absolute Gasteiger partial charge is 0.305 e. The van der Waals surface area contributed by atoms with Gasteiger partial charge < -0.3 is 13.3 Å². The number of nitrogens with one attached hydrogen (secondary N) is 3. The van der Waals surface area contributed by atoms with E-state index in [2.05, 4.69) is 21.4 Å². The molecule has 0 aliphatic heterocycles. The van der Waals surface area contributed by atoms with Gasteiger partial charge in [0.2, 0.25) is 5.91 Å². The zero-order valence-corrected chi connectivity index (χ0v) is 20.7. The number of carbonyl (C=O) groups is 3. The lowest BCUT2D eigenvalue weighted by molar-refractivity contribution is -0.120. The molecule has 0 fully saturated rings. The number of hydrazone groups is 1. The Morgan fingerprint density at radius 2 is 1.78 bits per heavy atom. The summed E-state index contributed by atoms with van der Waals surface area (Å²) in [6, 6.07) is 7.02. The minimum absolute atomic E-state index is 0.0644. The number of amides is 3. The van der Waals surface area contributed by atoms with E-state index in [0.717, 1.165) is 34.1 Å². The fraction of sp³-hybridized carbons (Fsp3) is 0.259. The van der Waals surface area contributed by atoms with Crippen molar-refractivity contribution in [2.75, 3.05) is 0 Å². The number of aryl methyl sites for hydroxylation is 3. The van der Waals surface area contributed by atoms with Crippen LogP contribution >= 0.6 is 0 Å². The number of carbonyl (C=O) groups excluding carboxylic acids is 3. The monoisotopic (exact) mass is 502 g/mol. The van der Waals surface area contributed by atoms with E-state index in [4.69, 9.17) is 13.3 Å². The average molecular weight is 503 g/mol. The van der Waals surface area contributed by atoms with E-state index >= 15 is 0 Å². The molecule has 3 amide bonds. The van der Waals surface area contributed by atoms with Crippen molar-refractivity contribution in [1.29, 1.82) is 0 Å². The van der Waals surface area contributed by atoms with Crippen molar-refractivity contribution in [3.8, 4) is 0 Å². The van der Waals surface area contributed by atoms with Crippen LogP contribution in [0.5, 0.6) is 0 Å². The Morgan fingerprint density at radius 3 is 2.57 bits per heavy atom. The van der Waals surface area contributed by atoms with E-state index in [-0.39, 0.29) is 23.8 Å². The molecule has 4 aromatic rings. The van der Waals surface area contributed by atoms with Gasteiger partial charge in [-0.15, -0.1) is 0 Å². The summed E-state index contributed by atoms with van der Waals surface area (Å²) < 4.78 is 16.5. The van der Waals surface area contributed by atoms with Crippen molar-refractivity contribution >= 4 is 34.4 Å². The Bertz CT molecular complexity index is 1540. The molecule has 3 heterocycles. The van der Waals surface area contributed by atoms with E-state index in [1.54, 1.807) is 19.3 Å². The molecule has 3 aromatic heterocycles. The molecule has 0 spiro atoms. The van der Waals surface area contributed by atoms with Crippen LogP contribution in [0.1, 0.15) is 67.5 Å². The maximum absolute atomic E-state index is 12.7. The molecule has 0 saturated carbocycles. The van der Waals surface area contributed by atoms with Crippen molar-refractivity contribution in [2.24, 2.45) is 5.10 Å². The van der Waals surface area contributed by atoms with Crippen LogP contribution in [0.3, 0.4) is 0 Å². The third kappa shape index (κ3) is 4.65. The number of furan rings is 3. The fourth-order valence-electron chi connectivity index (χ4n) is 4.50. The van der Waals surface area contributed by atoms with Crippen molar-refractivity contribution in [1.82, 2.24) is 16.3 Å². The third-order valence-electron chi connectivity index (χ3n) is 6.57. The summed E-state index contributed by atoms with van der Waals surface area (Å²) in [4.78, 5) is 37.4. The maximum Gasteiger partial charge on any atom is 0.305 e. The Hall–Kier alpha value is -4.60. The van der Waals surface area contributed by atoms with Gasteiger partial charge in [0, 0.05) is 28.5 Å². The van der Waals surface area contributed by atoms with Gasteiger partial charge in [0.1, 0.15) is 11.3 Å². The number of hydrogen-bond acceptors (Lipinski definition) is 7. The number of rotatable bonds is 5. The highest BCUT2D eigenvalue weighted by Gasteiger charge is 2.28. The van der Waals surface area contributed by atoms with Gasteiger partial charge in [-0.3, -0.25) is 25.2 Å². The molecule has 37 heavy (non-hydrogen) atoms. The highest BCUT2D eigenvalue weighted by Crippen LogP contribution is 2.30. The van der Waals surface area contributed by atoms with E-state index in [1.807, 2.05) is 26.0 Å². The van der Waals surface area contributed by atoms with Crippen molar-refractivity contribution < 1.29 is 27.6 Å². The van der Waals surface area contributed by atoms with Crippen molar-refractivity contribution in [3.05, 3.63) is 81.9 Å². The van der Waals surface area contributed by atoms with Gasteiger partial charge in [-0.1, -0.05) is 12.1 Å². The first-order valence-electron chi connectivity index (χ1n) is 11.9. The normalized spacial score (nSPS) is 14.0. The molecule has 10 nitrogen and oxygen atoms in total. The molecule has 3 N–H and O–H groups in total. The molecule has 190 valence electrons. The summed E-state index contributed by atoms with van der Waals surface area (Å²) in [5.74, 6) is -0.720. The van der Waals surface area contributed by atoms with Crippen LogP contribution in [0.15, 0.2) is 55.1 Å². The van der Waals surface area contributed by atoms with Gasteiger partial charge in [-0.25, -0.2) is 5.43 Å². The number of nitrogens with zero attached hydrogens (tertiary/aromatic N) is 1. The van der Waals surface area contributed by atoms with E-state index in [0.29, 0.717) is 35.4 Å². The Balaban J connectivity index is 1.28. The lowest BCUT2D eigenvalue weighted by Gasteiger charge is -2.13. The molecule has 1 aliphatic rings. The van der Waals surface area contributed by atoms with Crippen LogP contribution in [0, 0.1) is 20.8 Å². The first-order chi connectivity index (χ1) is 17.8. The second kappa shape index (κ2) is 9.81. The van der Waals surface area contributed by atoms with Gasteiger partial charge in [-0.2, -0.15) is 5.10 Å². The number of fused-ring (bicyclic) bond motifs is 2. The van der Waals surface area contributed by atoms with Gasteiger partial charge in [0.05, 0.1) is 24.7 Å². The summed E-state index contributed by atoms with van der Waals surface area (Å²) in [7, 11) is 0. The first kappa shape index (κ1) is 24.1. The summed E-state index contributed by atoms with van der Waals surface area (Å²) in [6.07, 6.45) is 5.10. The molecule has 0 saturated heterocycles. The van der Waals surface area contributed by atoms with Crippen LogP contribution in [0.4, 0.5) is 0 Å². The quantitative estimate of drug-likeness (QED) is 0.352. The molecule has 0 atom stereocenters. The largest absolute Gasteiger partial charge is 0.464 e. The SMILES string of the molecule is Cc1ccc2c(CC(=O)N/N=C3\CCCc4oc(C(=O)NNC(=O)c5ccco5)c(C)c43)coc2c1C. The Kier molecular flexibility index (Phi) is 6.39. The molecule has 0 unspecified atom stereocenters. The fourth-order valence-corrected chi connectivity index (χ4v) is 4.50. The first-order valence-corrected chi connectivity index (χ1v) is 11.9. The molecule has 0 radical (unpaired) electrons. The number of hydrogen-bond donors (Lipinski definition) is 3. The lowest BCUT2D eigenvalue weighted by Crippen LogP contribution is -2.41. The summed E-state index contributed by atoms with van der Waals surface area (Å²) in [5, 5.41) is 5.28. The predicted molar refractivity (Wildman–Crippen MR) is 134 cm³/mol. The molecule has 0 bridgehead atoms. The van der Waals surface area contributed by atoms with Gasteiger partial charge >= 0.3 is 11.8 Å². The topological polar surface area (TPSA) is 139 Å². The van der Waals surface area contributed by atoms with Gasteiger partial charge in [0.25, 0.3) is 0 Å². The van der Waals surface area contributed by atoms with Crippen LogP contribution in [0.2, 0.25) is 0 Å². The second-order valence-electron chi connectivity index (χ2n) is 9.01. The lowest BCUT2D eigenvalue weighted by atomic mass is 9.93. The van der Waals surface area contributed by atoms with Gasteiger partial charge in [0.15, 0.2) is 11.5 Å².